The summed E-state index contributed by atoms with van der Waals surface area (Å²) in [5.41, 5.74) is 1.54. The maximum atomic E-state index is 12.5. The molecule has 0 saturated carbocycles. The summed E-state index contributed by atoms with van der Waals surface area (Å²) in [6.45, 7) is 7.70. The zero-order chi connectivity index (χ0) is 19.3. The molecule has 0 aliphatic carbocycles. The van der Waals surface area contributed by atoms with Crippen LogP contribution in [0.3, 0.4) is 0 Å². The lowest BCUT2D eigenvalue weighted by Gasteiger charge is -2.21. The van der Waals surface area contributed by atoms with Gasteiger partial charge in [-0.3, -0.25) is 4.79 Å². The largest absolute Gasteiger partial charge is 0.480 e. The van der Waals surface area contributed by atoms with Gasteiger partial charge in [-0.05, 0) is 51.5 Å². The van der Waals surface area contributed by atoms with E-state index < -0.39 is 17.9 Å². The average molecular weight is 360 g/mol. The summed E-state index contributed by atoms with van der Waals surface area (Å²) in [7, 11) is 0. The highest BCUT2D eigenvalue weighted by molar-refractivity contribution is 5.98. The number of carboxylic acid groups (broad SMARTS) is 1. The molecule has 0 saturated heterocycles. The molecule has 2 N–H and O–H groups in total. The molecule has 1 unspecified atom stereocenters. The summed E-state index contributed by atoms with van der Waals surface area (Å²) in [6.07, 6.45) is 3.17. The third-order valence-electron chi connectivity index (χ3n) is 3.68. The number of hydrogen-bond donors (Lipinski definition) is 2. The Balaban J connectivity index is 2.05. The van der Waals surface area contributed by atoms with Crippen molar-refractivity contribution in [2.24, 2.45) is 0 Å². The predicted octanol–water partition coefficient (Wildman–Crippen LogP) is 1.96. The maximum Gasteiger partial charge on any atom is 0.326 e. The Morgan fingerprint density at radius 1 is 1.35 bits per heavy atom. The van der Waals surface area contributed by atoms with Crippen molar-refractivity contribution >= 4 is 11.9 Å². The second-order valence-electron chi connectivity index (χ2n) is 6.95. The van der Waals surface area contributed by atoms with Gasteiger partial charge in [0.2, 0.25) is 0 Å². The highest BCUT2D eigenvalue weighted by Gasteiger charge is 2.22. The lowest BCUT2D eigenvalue weighted by atomic mass is 10.1. The molecule has 1 aromatic carbocycles. The molecule has 8 heteroatoms. The van der Waals surface area contributed by atoms with Crippen LogP contribution in [0.4, 0.5) is 0 Å². The van der Waals surface area contributed by atoms with Gasteiger partial charge in [-0.1, -0.05) is 0 Å². The first kappa shape index (κ1) is 19.6. The first-order valence-corrected chi connectivity index (χ1v) is 8.30. The van der Waals surface area contributed by atoms with Crippen LogP contribution in [0, 0.1) is 6.92 Å². The number of hydrogen-bond acceptors (Lipinski definition) is 5. The van der Waals surface area contributed by atoms with E-state index in [0.29, 0.717) is 11.1 Å². The number of carboxylic acids is 1. The van der Waals surface area contributed by atoms with Gasteiger partial charge in [0.15, 0.2) is 0 Å². The van der Waals surface area contributed by atoms with E-state index >= 15 is 0 Å². The molecule has 2 aromatic rings. The number of nitrogens with one attached hydrogen (secondary N) is 1. The first-order valence-electron chi connectivity index (χ1n) is 8.30. The van der Waals surface area contributed by atoms with Crippen molar-refractivity contribution in [3.05, 3.63) is 42.0 Å². The first-order chi connectivity index (χ1) is 12.2. The number of rotatable bonds is 7. The van der Waals surface area contributed by atoms with Crippen LogP contribution in [-0.2, 0) is 9.53 Å². The van der Waals surface area contributed by atoms with E-state index in [1.807, 2.05) is 20.8 Å². The molecule has 1 aromatic heterocycles. The van der Waals surface area contributed by atoms with Gasteiger partial charge < -0.3 is 15.2 Å². The third-order valence-corrected chi connectivity index (χ3v) is 3.68. The van der Waals surface area contributed by atoms with Crippen LogP contribution >= 0.6 is 0 Å². The summed E-state index contributed by atoms with van der Waals surface area (Å²) in [5.74, 6) is -1.52. The molecule has 26 heavy (non-hydrogen) atoms. The number of carbonyl (C=O) groups is 2. The SMILES string of the molecule is Cc1cc(-n2cncn2)ccc1C(=O)NC(CCOC(C)(C)C)C(=O)O. The Morgan fingerprint density at radius 3 is 2.62 bits per heavy atom. The number of aliphatic carboxylic acids is 1. The molecule has 0 aliphatic rings. The second kappa shape index (κ2) is 8.09. The Labute approximate surface area is 152 Å². The fourth-order valence-electron chi connectivity index (χ4n) is 2.36. The van der Waals surface area contributed by atoms with E-state index in [1.54, 1.807) is 36.1 Å². The second-order valence-corrected chi connectivity index (χ2v) is 6.95. The molecule has 0 aliphatic heterocycles. The maximum absolute atomic E-state index is 12.5. The highest BCUT2D eigenvalue weighted by Crippen LogP contribution is 2.15. The molecule has 0 bridgehead atoms. The Bertz CT molecular complexity index is 766. The van der Waals surface area contributed by atoms with Crippen LogP contribution < -0.4 is 5.32 Å². The van der Waals surface area contributed by atoms with E-state index in [-0.39, 0.29) is 18.6 Å². The molecule has 2 rings (SSSR count). The van der Waals surface area contributed by atoms with Gasteiger partial charge in [-0.15, -0.1) is 0 Å². The quantitative estimate of drug-likeness (QED) is 0.782. The summed E-state index contributed by atoms with van der Waals surface area (Å²) >= 11 is 0. The number of amides is 1. The molecule has 140 valence electrons. The molecule has 1 atom stereocenters. The number of benzene rings is 1. The molecule has 1 heterocycles. The van der Waals surface area contributed by atoms with Crippen LogP contribution in [0.5, 0.6) is 0 Å². The molecule has 0 spiro atoms. The standard InChI is InChI=1S/C18H24N4O4/c1-12-9-13(22-11-19-10-20-22)5-6-14(12)16(23)21-15(17(24)25)7-8-26-18(2,3)4/h5-6,9-11,15H,7-8H2,1-4H3,(H,21,23)(H,24,25). The van der Waals surface area contributed by atoms with E-state index in [0.717, 1.165) is 5.69 Å². The van der Waals surface area contributed by atoms with Gasteiger partial charge >= 0.3 is 5.97 Å². The van der Waals surface area contributed by atoms with Gasteiger partial charge in [0.1, 0.15) is 18.7 Å². The zero-order valence-corrected chi connectivity index (χ0v) is 15.4. The number of aryl methyl sites for hydroxylation is 1. The van der Waals surface area contributed by atoms with Crippen LogP contribution in [0.25, 0.3) is 5.69 Å². The summed E-state index contributed by atoms with van der Waals surface area (Å²) < 4.78 is 7.13. The van der Waals surface area contributed by atoms with Gasteiger partial charge in [-0.25, -0.2) is 14.5 Å². The zero-order valence-electron chi connectivity index (χ0n) is 15.4. The van der Waals surface area contributed by atoms with Crippen LogP contribution in [0.15, 0.2) is 30.9 Å². The Hall–Kier alpha value is -2.74. The highest BCUT2D eigenvalue weighted by atomic mass is 16.5. The van der Waals surface area contributed by atoms with Crippen molar-refractivity contribution in [3.8, 4) is 5.69 Å². The lowest BCUT2D eigenvalue weighted by Crippen LogP contribution is -2.42. The minimum absolute atomic E-state index is 0.189. The normalized spacial score (nSPS) is 12.6. The monoisotopic (exact) mass is 360 g/mol. The smallest absolute Gasteiger partial charge is 0.326 e. The summed E-state index contributed by atoms with van der Waals surface area (Å²) in [4.78, 5) is 27.8. The third kappa shape index (κ3) is 5.38. The Morgan fingerprint density at radius 2 is 2.08 bits per heavy atom. The van der Waals surface area contributed by atoms with Crippen LogP contribution in [0.1, 0.15) is 43.1 Å². The Kier molecular flexibility index (Phi) is 6.10. The number of aromatic nitrogens is 3. The number of carbonyl (C=O) groups excluding carboxylic acids is 1. The number of nitrogens with zero attached hydrogens (tertiary/aromatic N) is 3. The molecule has 0 fully saturated rings. The summed E-state index contributed by atoms with van der Waals surface area (Å²) in [5, 5.41) is 15.9. The van der Waals surface area contributed by atoms with Gasteiger partial charge in [-0.2, -0.15) is 5.10 Å². The van der Waals surface area contributed by atoms with Gasteiger partial charge in [0.25, 0.3) is 5.91 Å². The minimum atomic E-state index is -1.09. The number of ether oxygens (including phenoxy) is 1. The van der Waals surface area contributed by atoms with Crippen molar-refractivity contribution in [2.75, 3.05) is 6.61 Å². The van der Waals surface area contributed by atoms with Crippen molar-refractivity contribution < 1.29 is 19.4 Å². The fourth-order valence-corrected chi connectivity index (χ4v) is 2.36. The average Bonchev–Trinajstić information content (AvgIpc) is 3.06. The topological polar surface area (TPSA) is 106 Å². The van der Waals surface area contributed by atoms with Crippen molar-refractivity contribution in [2.45, 2.75) is 45.8 Å². The molecule has 8 nitrogen and oxygen atoms in total. The minimum Gasteiger partial charge on any atom is -0.480 e. The van der Waals surface area contributed by atoms with E-state index in [1.165, 1.54) is 6.33 Å². The summed E-state index contributed by atoms with van der Waals surface area (Å²) in [6, 6.07) is 4.16. The molecule has 1 amide bonds. The predicted molar refractivity (Wildman–Crippen MR) is 95.3 cm³/mol. The van der Waals surface area contributed by atoms with Crippen molar-refractivity contribution in [1.82, 2.24) is 20.1 Å². The van der Waals surface area contributed by atoms with Gasteiger partial charge in [0.05, 0.1) is 11.3 Å². The molecular formula is C18H24N4O4. The fraction of sp³-hybridized carbons (Fsp3) is 0.444. The lowest BCUT2D eigenvalue weighted by molar-refractivity contribution is -0.140. The van der Waals surface area contributed by atoms with Crippen LogP contribution in [0.2, 0.25) is 0 Å². The molecular weight excluding hydrogens is 336 g/mol. The van der Waals surface area contributed by atoms with E-state index in [9.17, 15) is 14.7 Å². The van der Waals surface area contributed by atoms with Crippen molar-refractivity contribution in [3.63, 3.8) is 0 Å². The van der Waals surface area contributed by atoms with Crippen LogP contribution in [-0.4, -0.2) is 50.0 Å². The molecule has 0 radical (unpaired) electrons. The van der Waals surface area contributed by atoms with Crippen molar-refractivity contribution in [1.29, 1.82) is 0 Å². The van der Waals surface area contributed by atoms with E-state index in [4.69, 9.17) is 4.74 Å². The van der Waals surface area contributed by atoms with E-state index in [2.05, 4.69) is 15.4 Å². The van der Waals surface area contributed by atoms with Gasteiger partial charge in [0, 0.05) is 18.6 Å².